The monoisotopic (exact) mass is 328 g/mol. The van der Waals surface area contributed by atoms with Crippen LogP contribution in [0.5, 0.6) is 5.75 Å². The maximum Gasteiger partial charge on any atom is 0.150 e. The van der Waals surface area contributed by atoms with Crippen LogP contribution in [0.2, 0.25) is 0 Å². The molecule has 5 nitrogen and oxygen atoms in total. The van der Waals surface area contributed by atoms with Crippen LogP contribution in [-0.2, 0) is 0 Å². The van der Waals surface area contributed by atoms with Gasteiger partial charge in [-0.05, 0) is 42.8 Å². The number of nitrogens with zero attached hydrogens (tertiary/aromatic N) is 3. The van der Waals surface area contributed by atoms with Crippen molar-refractivity contribution in [2.45, 2.75) is 6.92 Å². The smallest absolute Gasteiger partial charge is 0.150 e. The Labute approximate surface area is 144 Å². The largest absolute Gasteiger partial charge is 0.505 e. The van der Waals surface area contributed by atoms with Gasteiger partial charge in [0.2, 0.25) is 0 Å². The molecule has 0 aliphatic heterocycles. The quantitative estimate of drug-likeness (QED) is 0.436. The van der Waals surface area contributed by atoms with Gasteiger partial charge < -0.3 is 5.11 Å². The Morgan fingerprint density at radius 1 is 1.08 bits per heavy atom. The zero-order chi connectivity index (χ0) is 17.2. The van der Waals surface area contributed by atoms with Crippen LogP contribution in [0.1, 0.15) is 11.1 Å². The van der Waals surface area contributed by atoms with Crippen molar-refractivity contribution in [1.82, 2.24) is 9.97 Å². The second kappa shape index (κ2) is 6.20. The number of hydrazone groups is 1. The minimum absolute atomic E-state index is 0.123. The molecule has 2 aromatic carbocycles. The number of hydrogen-bond donors (Lipinski definition) is 2. The Hall–Kier alpha value is -3.47. The second-order valence-corrected chi connectivity index (χ2v) is 5.79. The number of phenols is 1. The molecular formula is C20H16N4O. The van der Waals surface area contributed by atoms with Crippen molar-refractivity contribution in [3.05, 3.63) is 71.9 Å². The Bertz CT molecular complexity index is 1110. The zero-order valence-corrected chi connectivity index (χ0v) is 13.6. The molecule has 0 radical (unpaired) electrons. The molecule has 0 atom stereocenters. The first kappa shape index (κ1) is 15.1. The molecule has 122 valence electrons. The van der Waals surface area contributed by atoms with E-state index in [2.05, 4.69) is 20.5 Å². The van der Waals surface area contributed by atoms with Crippen LogP contribution in [0, 0.1) is 6.92 Å². The maximum absolute atomic E-state index is 10.4. The normalized spacial score (nSPS) is 11.4. The van der Waals surface area contributed by atoms with Crippen molar-refractivity contribution in [2.75, 3.05) is 5.43 Å². The van der Waals surface area contributed by atoms with Crippen LogP contribution in [0.25, 0.3) is 21.8 Å². The van der Waals surface area contributed by atoms with Crippen molar-refractivity contribution >= 4 is 33.8 Å². The van der Waals surface area contributed by atoms with E-state index in [-0.39, 0.29) is 5.75 Å². The lowest BCUT2D eigenvalue weighted by Gasteiger charge is -2.07. The minimum Gasteiger partial charge on any atom is -0.505 e. The molecule has 5 heteroatoms. The first-order chi connectivity index (χ1) is 12.2. The average molecular weight is 328 g/mol. The number of aromatic hydroxyl groups is 1. The first-order valence-corrected chi connectivity index (χ1v) is 7.94. The van der Waals surface area contributed by atoms with Crippen LogP contribution in [0.4, 0.5) is 5.82 Å². The van der Waals surface area contributed by atoms with E-state index in [9.17, 15) is 5.11 Å². The highest BCUT2D eigenvalue weighted by molar-refractivity contribution is 5.96. The van der Waals surface area contributed by atoms with E-state index in [0.29, 0.717) is 16.9 Å². The molecule has 2 aromatic heterocycles. The van der Waals surface area contributed by atoms with Gasteiger partial charge in [-0.3, -0.25) is 10.4 Å². The predicted molar refractivity (Wildman–Crippen MR) is 101 cm³/mol. The van der Waals surface area contributed by atoms with Crippen molar-refractivity contribution in [3.63, 3.8) is 0 Å². The van der Waals surface area contributed by atoms with E-state index in [4.69, 9.17) is 0 Å². The highest BCUT2D eigenvalue weighted by atomic mass is 16.3. The van der Waals surface area contributed by atoms with E-state index >= 15 is 0 Å². The molecule has 0 bridgehead atoms. The van der Waals surface area contributed by atoms with Gasteiger partial charge >= 0.3 is 0 Å². The third-order valence-electron chi connectivity index (χ3n) is 4.08. The fourth-order valence-corrected chi connectivity index (χ4v) is 2.82. The fraction of sp³-hybridized carbons (Fsp3) is 0.0500. The summed E-state index contributed by atoms with van der Waals surface area (Å²) in [6, 6.07) is 17.4. The third-order valence-corrected chi connectivity index (χ3v) is 4.08. The minimum atomic E-state index is 0.123. The van der Waals surface area contributed by atoms with Crippen LogP contribution < -0.4 is 5.43 Å². The molecule has 4 rings (SSSR count). The number of para-hydroxylation sites is 1. The summed E-state index contributed by atoms with van der Waals surface area (Å²) in [4.78, 5) is 8.75. The Kier molecular flexibility index (Phi) is 3.74. The molecule has 0 spiro atoms. The molecule has 0 fully saturated rings. The van der Waals surface area contributed by atoms with Gasteiger partial charge in [0.25, 0.3) is 0 Å². The van der Waals surface area contributed by atoms with E-state index in [1.165, 1.54) is 0 Å². The first-order valence-electron chi connectivity index (χ1n) is 7.94. The molecule has 0 aliphatic carbocycles. The number of benzene rings is 2. The molecule has 0 saturated heterocycles. The molecule has 0 saturated carbocycles. The number of fused-ring (bicyclic) bond motifs is 2. The number of anilines is 1. The summed E-state index contributed by atoms with van der Waals surface area (Å²) in [6.45, 7) is 1.99. The summed E-state index contributed by atoms with van der Waals surface area (Å²) in [7, 11) is 0. The maximum atomic E-state index is 10.4. The van der Waals surface area contributed by atoms with Gasteiger partial charge in [-0.2, -0.15) is 5.10 Å². The van der Waals surface area contributed by atoms with E-state index in [1.807, 2.05) is 61.5 Å². The second-order valence-electron chi connectivity index (χ2n) is 5.79. The molecule has 0 aliphatic rings. The number of phenolic OH excluding ortho intramolecular Hbond substituents is 1. The lowest BCUT2D eigenvalue weighted by molar-refractivity contribution is 0.479. The van der Waals surface area contributed by atoms with Gasteiger partial charge in [-0.15, -0.1) is 0 Å². The van der Waals surface area contributed by atoms with Crippen LogP contribution in [0.3, 0.4) is 0 Å². The van der Waals surface area contributed by atoms with Crippen molar-refractivity contribution in [1.29, 1.82) is 0 Å². The SMILES string of the molecule is Cc1cc(/C=N/Nc2ccc3ccccc3n2)c(O)c2ncccc12. The van der Waals surface area contributed by atoms with Gasteiger partial charge in [-0.1, -0.05) is 24.3 Å². The van der Waals surface area contributed by atoms with E-state index in [0.717, 1.165) is 21.9 Å². The van der Waals surface area contributed by atoms with Gasteiger partial charge in [-0.25, -0.2) is 4.98 Å². The number of nitrogens with one attached hydrogen (secondary N) is 1. The molecule has 0 amide bonds. The molecule has 0 unspecified atom stereocenters. The van der Waals surface area contributed by atoms with Crippen LogP contribution in [0.15, 0.2) is 65.9 Å². The number of aromatic nitrogens is 2. The summed E-state index contributed by atoms with van der Waals surface area (Å²) in [5.41, 5.74) is 6.02. The van der Waals surface area contributed by atoms with Gasteiger partial charge in [0.05, 0.1) is 11.7 Å². The lowest BCUT2D eigenvalue weighted by Crippen LogP contribution is -1.95. The summed E-state index contributed by atoms with van der Waals surface area (Å²) in [5, 5.41) is 16.6. The highest BCUT2D eigenvalue weighted by Gasteiger charge is 2.08. The molecule has 25 heavy (non-hydrogen) atoms. The topological polar surface area (TPSA) is 70.4 Å². The van der Waals surface area contributed by atoms with Gasteiger partial charge in [0.1, 0.15) is 11.3 Å². The van der Waals surface area contributed by atoms with Crippen molar-refractivity contribution in [2.24, 2.45) is 5.10 Å². The fourth-order valence-electron chi connectivity index (χ4n) is 2.82. The number of hydrogen-bond acceptors (Lipinski definition) is 5. The number of rotatable bonds is 3. The Morgan fingerprint density at radius 3 is 2.88 bits per heavy atom. The van der Waals surface area contributed by atoms with Gasteiger partial charge in [0, 0.05) is 22.5 Å². The Morgan fingerprint density at radius 2 is 1.96 bits per heavy atom. The molecular weight excluding hydrogens is 312 g/mol. The number of aryl methyl sites for hydroxylation is 1. The standard InChI is InChI=1S/C20H16N4O/c1-13-11-15(20(25)19-16(13)6-4-10-21-19)12-22-24-18-9-8-14-5-2-3-7-17(14)23-18/h2-12,25H,1H3,(H,23,24)/b22-12+. The molecule has 2 heterocycles. The highest BCUT2D eigenvalue weighted by Crippen LogP contribution is 2.28. The summed E-state index contributed by atoms with van der Waals surface area (Å²) >= 11 is 0. The zero-order valence-electron chi connectivity index (χ0n) is 13.6. The summed E-state index contributed by atoms with van der Waals surface area (Å²) < 4.78 is 0. The van der Waals surface area contributed by atoms with Crippen molar-refractivity contribution in [3.8, 4) is 5.75 Å². The molecule has 2 N–H and O–H groups in total. The summed E-state index contributed by atoms with van der Waals surface area (Å²) in [5.74, 6) is 0.767. The predicted octanol–water partition coefficient (Wildman–Crippen LogP) is 4.24. The van der Waals surface area contributed by atoms with E-state index in [1.54, 1.807) is 12.4 Å². The average Bonchev–Trinajstić information content (AvgIpc) is 2.65. The van der Waals surface area contributed by atoms with Crippen LogP contribution >= 0.6 is 0 Å². The number of pyridine rings is 2. The third kappa shape index (κ3) is 2.87. The molecule has 4 aromatic rings. The van der Waals surface area contributed by atoms with Crippen LogP contribution in [-0.4, -0.2) is 21.3 Å². The van der Waals surface area contributed by atoms with Crippen molar-refractivity contribution < 1.29 is 5.11 Å². The lowest BCUT2D eigenvalue weighted by atomic mass is 10.0. The van der Waals surface area contributed by atoms with Gasteiger partial charge in [0.15, 0.2) is 5.75 Å². The Balaban J connectivity index is 1.63. The summed E-state index contributed by atoms with van der Waals surface area (Å²) in [6.07, 6.45) is 3.24. The van der Waals surface area contributed by atoms with E-state index < -0.39 is 0 Å².